The monoisotopic (exact) mass is 705 g/mol. The fourth-order valence-electron chi connectivity index (χ4n) is 7.14. The molecule has 51 heavy (non-hydrogen) atoms. The molecule has 0 bridgehead atoms. The van der Waals surface area contributed by atoms with Crippen LogP contribution < -0.4 is 29.0 Å². The molecule has 1 unspecified atom stereocenters. The molecule has 2 N–H and O–H groups in total. The summed E-state index contributed by atoms with van der Waals surface area (Å²) in [6.45, 7) is 18.7. The molecule has 0 radical (unpaired) electrons. The number of nitrogens with one attached hydrogen (secondary N) is 1. The van der Waals surface area contributed by atoms with Gasteiger partial charge in [-0.25, -0.2) is 4.79 Å². The van der Waals surface area contributed by atoms with Crippen LogP contribution in [0.2, 0.25) is 0 Å². The van der Waals surface area contributed by atoms with E-state index in [4.69, 9.17) is 37.9 Å². The lowest BCUT2D eigenvalue weighted by Gasteiger charge is -2.54. The van der Waals surface area contributed by atoms with Crippen LogP contribution in [0.3, 0.4) is 0 Å². The van der Waals surface area contributed by atoms with E-state index in [1.54, 1.807) is 19.3 Å². The number of aliphatic hydroxyl groups is 1. The SMILES string of the molecule is C=CCOC(=O)N[C@@H](Cc1cc(C)c(OC)c(OCC=C)c1)C(C#N)N1[C@@H]2COC(C)(C)O[C@@H]2c2c(OCC=C)c(C)c3c(c2[C@@H]1CO)OCO3. The highest BCUT2D eigenvalue weighted by Gasteiger charge is 2.54. The predicted octanol–water partition coefficient (Wildman–Crippen LogP) is 5.13. The third kappa shape index (κ3) is 7.50. The van der Waals surface area contributed by atoms with Gasteiger partial charge in [0.2, 0.25) is 6.79 Å². The highest BCUT2D eigenvalue weighted by atomic mass is 16.7. The normalized spacial score (nSPS) is 21.2. The van der Waals surface area contributed by atoms with Crippen molar-refractivity contribution in [3.05, 3.63) is 77.9 Å². The van der Waals surface area contributed by atoms with E-state index in [1.807, 2.05) is 44.7 Å². The minimum absolute atomic E-state index is 0.0366. The summed E-state index contributed by atoms with van der Waals surface area (Å²) in [5.74, 6) is 1.48. The Morgan fingerprint density at radius 3 is 2.47 bits per heavy atom. The van der Waals surface area contributed by atoms with Crippen molar-refractivity contribution in [2.45, 2.75) is 70.2 Å². The molecule has 3 aliphatic heterocycles. The number of aliphatic hydroxyl groups excluding tert-OH is 1. The van der Waals surface area contributed by atoms with Gasteiger partial charge in [0.1, 0.15) is 37.7 Å². The lowest BCUT2D eigenvalue weighted by Crippen LogP contribution is -2.63. The fourth-order valence-corrected chi connectivity index (χ4v) is 7.14. The third-order valence-corrected chi connectivity index (χ3v) is 9.10. The Kier molecular flexibility index (Phi) is 11.8. The molecular weight excluding hydrogens is 658 g/mol. The molecule has 5 atom stereocenters. The van der Waals surface area contributed by atoms with E-state index < -0.39 is 48.8 Å². The van der Waals surface area contributed by atoms with Crippen LogP contribution in [0.15, 0.2) is 50.1 Å². The number of methoxy groups -OCH3 is 1. The van der Waals surface area contributed by atoms with E-state index in [1.165, 1.54) is 6.08 Å². The lowest BCUT2D eigenvalue weighted by molar-refractivity contribution is -0.305. The molecule has 1 saturated heterocycles. The molecule has 0 aliphatic carbocycles. The van der Waals surface area contributed by atoms with Crippen molar-refractivity contribution in [1.29, 1.82) is 5.26 Å². The highest BCUT2D eigenvalue weighted by molar-refractivity contribution is 5.68. The molecule has 0 spiro atoms. The van der Waals surface area contributed by atoms with Gasteiger partial charge in [-0.2, -0.15) is 5.26 Å². The predicted molar refractivity (Wildman–Crippen MR) is 187 cm³/mol. The Labute approximate surface area is 298 Å². The first-order valence-corrected chi connectivity index (χ1v) is 16.8. The van der Waals surface area contributed by atoms with Crippen LogP contribution in [-0.2, 0) is 20.6 Å². The number of hydrogen-bond acceptors (Lipinski definition) is 12. The van der Waals surface area contributed by atoms with Gasteiger partial charge in [-0.1, -0.05) is 44.0 Å². The van der Waals surface area contributed by atoms with Crippen molar-refractivity contribution >= 4 is 6.09 Å². The van der Waals surface area contributed by atoms with E-state index in [0.29, 0.717) is 45.4 Å². The van der Waals surface area contributed by atoms with Crippen LogP contribution in [0.5, 0.6) is 28.7 Å². The van der Waals surface area contributed by atoms with E-state index in [0.717, 1.165) is 11.1 Å². The summed E-state index contributed by atoms with van der Waals surface area (Å²) in [6, 6.07) is 2.77. The molecular formula is C38H47N3O10. The highest BCUT2D eigenvalue weighted by Crippen LogP contribution is 2.58. The number of alkyl carbamates (subject to hydrolysis) is 1. The van der Waals surface area contributed by atoms with Gasteiger partial charge in [0.15, 0.2) is 28.8 Å². The molecule has 1 amide bonds. The van der Waals surface area contributed by atoms with Crippen LogP contribution in [0, 0.1) is 25.2 Å². The second-order valence-corrected chi connectivity index (χ2v) is 12.9. The second-order valence-electron chi connectivity index (χ2n) is 12.9. The largest absolute Gasteiger partial charge is 0.493 e. The van der Waals surface area contributed by atoms with Gasteiger partial charge in [0.25, 0.3) is 0 Å². The maximum absolute atomic E-state index is 13.2. The molecule has 5 rings (SSSR count). The minimum Gasteiger partial charge on any atom is -0.493 e. The second kappa shape index (κ2) is 16.1. The smallest absolute Gasteiger partial charge is 0.407 e. The van der Waals surface area contributed by atoms with E-state index in [2.05, 4.69) is 31.1 Å². The van der Waals surface area contributed by atoms with E-state index >= 15 is 0 Å². The number of hydrogen-bond donors (Lipinski definition) is 2. The molecule has 274 valence electrons. The summed E-state index contributed by atoms with van der Waals surface area (Å²) in [5.41, 5.74) is 3.51. The molecule has 13 nitrogen and oxygen atoms in total. The van der Waals surface area contributed by atoms with Crippen molar-refractivity contribution in [2.75, 3.05) is 46.9 Å². The Balaban J connectivity index is 1.68. The summed E-state index contributed by atoms with van der Waals surface area (Å²) < 4.78 is 48.0. The number of rotatable bonds is 15. The van der Waals surface area contributed by atoms with Gasteiger partial charge in [0, 0.05) is 16.7 Å². The lowest BCUT2D eigenvalue weighted by atomic mass is 9.80. The van der Waals surface area contributed by atoms with Gasteiger partial charge in [-0.3, -0.25) is 4.90 Å². The number of amides is 1. The summed E-state index contributed by atoms with van der Waals surface area (Å²) in [6.07, 6.45) is 3.45. The van der Waals surface area contributed by atoms with Gasteiger partial charge in [-0.15, -0.1) is 0 Å². The zero-order chi connectivity index (χ0) is 36.9. The number of ether oxygens (including phenoxy) is 8. The number of carbonyl (C=O) groups is 1. The number of benzene rings is 2. The number of fused-ring (bicyclic) bond motifs is 5. The molecule has 2 aromatic rings. The molecule has 0 aromatic heterocycles. The summed E-state index contributed by atoms with van der Waals surface area (Å²) in [4.78, 5) is 15.1. The van der Waals surface area contributed by atoms with Crippen molar-refractivity contribution in [2.24, 2.45) is 0 Å². The van der Waals surface area contributed by atoms with Crippen LogP contribution >= 0.6 is 0 Å². The average molecular weight is 706 g/mol. The first-order valence-electron chi connectivity index (χ1n) is 16.8. The van der Waals surface area contributed by atoms with Gasteiger partial charge in [0.05, 0.1) is 44.5 Å². The Hall–Kier alpha value is -4.74. The fraction of sp³-hybridized carbons (Fsp3) is 0.474. The van der Waals surface area contributed by atoms with Crippen molar-refractivity contribution in [3.8, 4) is 34.8 Å². The van der Waals surface area contributed by atoms with Gasteiger partial charge >= 0.3 is 6.09 Å². The Morgan fingerprint density at radius 2 is 1.80 bits per heavy atom. The van der Waals surface area contributed by atoms with Crippen LogP contribution in [0.4, 0.5) is 4.79 Å². The first kappa shape index (κ1) is 37.5. The quantitative estimate of drug-likeness (QED) is 0.237. The number of nitriles is 1. The Bertz CT molecular complexity index is 1690. The number of aryl methyl sites for hydroxylation is 1. The molecule has 3 aliphatic rings. The average Bonchev–Trinajstić information content (AvgIpc) is 3.60. The van der Waals surface area contributed by atoms with Crippen LogP contribution in [0.1, 0.15) is 53.8 Å². The topological polar surface area (TPSA) is 150 Å². The molecule has 13 heteroatoms. The third-order valence-electron chi connectivity index (χ3n) is 9.10. The van der Waals surface area contributed by atoms with Crippen molar-refractivity contribution in [3.63, 3.8) is 0 Å². The maximum Gasteiger partial charge on any atom is 0.407 e. The summed E-state index contributed by atoms with van der Waals surface area (Å²) in [5, 5.41) is 25.2. The summed E-state index contributed by atoms with van der Waals surface area (Å²) in [7, 11) is 1.56. The van der Waals surface area contributed by atoms with Gasteiger partial charge < -0.3 is 48.3 Å². The van der Waals surface area contributed by atoms with Crippen LogP contribution in [0.25, 0.3) is 0 Å². The Morgan fingerprint density at radius 1 is 1.10 bits per heavy atom. The van der Waals surface area contributed by atoms with Crippen molar-refractivity contribution < 1.29 is 47.8 Å². The molecule has 2 aromatic carbocycles. The van der Waals surface area contributed by atoms with Crippen molar-refractivity contribution in [1.82, 2.24) is 10.2 Å². The standard InChI is InChI=1S/C38H47N3O10/c1-9-12-45-29-17-24(15-22(4)32(29)44-8)16-25(40-37(43)47-14-11-3)26(18-39)41-27(19-42)30-31(35-28(41)20-50-38(6,7)51-35)33(46-13-10-2)23(5)34-36(30)49-21-48-34/h9-11,15,17,25-28,35,42H,1-3,12-14,16,19-21H2,4-8H3,(H,40,43)/t25-,26?,27-,28+,35-/m0/s1. The molecule has 3 heterocycles. The number of nitrogens with zero attached hydrogens (tertiary/aromatic N) is 2. The first-order chi connectivity index (χ1) is 24.5. The van der Waals surface area contributed by atoms with Gasteiger partial charge in [-0.05, 0) is 51.3 Å². The maximum atomic E-state index is 13.2. The summed E-state index contributed by atoms with van der Waals surface area (Å²) >= 11 is 0. The van der Waals surface area contributed by atoms with E-state index in [9.17, 15) is 15.2 Å². The minimum atomic E-state index is -1.07. The number of carbonyl (C=O) groups excluding carboxylic acids is 1. The van der Waals surface area contributed by atoms with E-state index in [-0.39, 0.29) is 39.6 Å². The zero-order valence-electron chi connectivity index (χ0n) is 29.9. The molecule has 1 fully saturated rings. The molecule has 0 saturated carbocycles. The van der Waals surface area contributed by atoms with Crippen LogP contribution in [-0.4, -0.2) is 86.9 Å². The zero-order valence-corrected chi connectivity index (χ0v) is 29.9.